The molecule has 1 aromatic rings. The lowest BCUT2D eigenvalue weighted by Gasteiger charge is -2.19. The lowest BCUT2D eigenvalue weighted by atomic mass is 10.2. The number of aromatic amines is 1. The number of nitrogens with zero attached hydrogens (tertiary/aromatic N) is 2. The molecule has 1 saturated heterocycles. The Morgan fingerprint density at radius 3 is 3.05 bits per heavy atom. The first-order valence-corrected chi connectivity index (χ1v) is 5.48. The smallest absolute Gasteiger partial charge is 0.411 e. The van der Waals surface area contributed by atoms with Crippen LogP contribution in [-0.4, -0.2) is 57.1 Å². The molecule has 1 aliphatic rings. The molecule has 2 heterocycles. The number of hydrogen-bond acceptors (Lipinski definition) is 5. The zero-order valence-corrected chi connectivity index (χ0v) is 9.83. The molecule has 0 unspecified atom stereocenters. The summed E-state index contributed by atoms with van der Waals surface area (Å²) in [6, 6.07) is -0.838. The van der Waals surface area contributed by atoms with E-state index in [1.54, 1.807) is 0 Å². The van der Waals surface area contributed by atoms with Crippen molar-refractivity contribution >= 4 is 18.0 Å². The van der Waals surface area contributed by atoms with E-state index < -0.39 is 30.6 Å². The first kappa shape index (κ1) is 12.9. The molecule has 0 aromatic carbocycles. The molecule has 0 saturated carbocycles. The summed E-state index contributed by atoms with van der Waals surface area (Å²) in [7, 11) is 0. The zero-order valence-electron chi connectivity index (χ0n) is 9.83. The van der Waals surface area contributed by atoms with E-state index in [1.807, 2.05) is 0 Å². The quantitative estimate of drug-likeness (QED) is 0.624. The van der Waals surface area contributed by atoms with E-state index in [-0.39, 0.29) is 13.2 Å². The Hall–Kier alpha value is -2.58. The zero-order chi connectivity index (χ0) is 13.8. The molecule has 0 aliphatic carbocycles. The van der Waals surface area contributed by atoms with Crippen LogP contribution in [-0.2, 0) is 20.9 Å². The fourth-order valence-electron chi connectivity index (χ4n) is 1.68. The summed E-state index contributed by atoms with van der Waals surface area (Å²) in [6.45, 7) is -0.455. The number of carboxylic acid groups (broad SMARTS) is 1. The van der Waals surface area contributed by atoms with Crippen LogP contribution in [0.15, 0.2) is 12.5 Å². The topological polar surface area (TPSA) is 125 Å². The summed E-state index contributed by atoms with van der Waals surface area (Å²) in [5, 5.41) is 10.7. The van der Waals surface area contributed by atoms with Gasteiger partial charge < -0.3 is 20.1 Å². The number of carboxylic acids is 1. The average molecular weight is 268 g/mol. The molecule has 3 N–H and O–H groups in total. The first-order valence-electron chi connectivity index (χ1n) is 5.48. The maximum atomic E-state index is 11.8. The number of carbonyl (C=O) groups is 3. The molecule has 1 aliphatic heterocycles. The normalized spacial score (nSPS) is 18.2. The van der Waals surface area contributed by atoms with Crippen molar-refractivity contribution < 1.29 is 24.2 Å². The van der Waals surface area contributed by atoms with Gasteiger partial charge in [0.1, 0.15) is 19.2 Å². The highest BCUT2D eigenvalue weighted by molar-refractivity contribution is 5.89. The number of amides is 2. The van der Waals surface area contributed by atoms with Gasteiger partial charge in [-0.05, 0) is 0 Å². The maximum absolute atomic E-state index is 11.8. The van der Waals surface area contributed by atoms with Crippen LogP contribution in [0, 0.1) is 0 Å². The highest BCUT2D eigenvalue weighted by atomic mass is 16.6. The predicted octanol–water partition coefficient (Wildman–Crippen LogP) is -1.07. The van der Waals surface area contributed by atoms with Gasteiger partial charge in [-0.2, -0.15) is 0 Å². The molecule has 1 aromatic heterocycles. The van der Waals surface area contributed by atoms with Crippen LogP contribution in [0.5, 0.6) is 0 Å². The van der Waals surface area contributed by atoms with Crippen molar-refractivity contribution in [3.05, 3.63) is 18.2 Å². The van der Waals surface area contributed by atoms with Crippen molar-refractivity contribution in [1.29, 1.82) is 0 Å². The highest BCUT2D eigenvalue weighted by Gasteiger charge is 2.38. The molecular formula is C10H12N4O5. The fourth-order valence-corrected chi connectivity index (χ4v) is 1.68. The van der Waals surface area contributed by atoms with Crippen LogP contribution < -0.4 is 5.32 Å². The van der Waals surface area contributed by atoms with Crippen molar-refractivity contribution in [2.24, 2.45) is 0 Å². The second-order valence-electron chi connectivity index (χ2n) is 3.91. The van der Waals surface area contributed by atoms with E-state index in [1.165, 1.54) is 17.4 Å². The maximum Gasteiger partial charge on any atom is 0.411 e. The largest absolute Gasteiger partial charge is 0.480 e. The number of cyclic esters (lactones) is 1. The third kappa shape index (κ3) is 3.00. The number of ether oxygens (including phenoxy) is 1. The Balaban J connectivity index is 2.00. The summed E-state index contributed by atoms with van der Waals surface area (Å²) in [6.07, 6.45) is 2.36. The van der Waals surface area contributed by atoms with Gasteiger partial charge in [0.25, 0.3) is 0 Å². The third-order valence-corrected chi connectivity index (χ3v) is 2.59. The molecule has 1 atom stereocenters. The molecule has 0 spiro atoms. The lowest BCUT2D eigenvalue weighted by molar-refractivity contribution is -0.138. The van der Waals surface area contributed by atoms with Crippen LogP contribution in [0.3, 0.4) is 0 Å². The average Bonchev–Trinajstić information content (AvgIpc) is 2.98. The van der Waals surface area contributed by atoms with Crippen molar-refractivity contribution in [2.45, 2.75) is 12.6 Å². The van der Waals surface area contributed by atoms with Gasteiger partial charge in [0.15, 0.2) is 0 Å². The van der Waals surface area contributed by atoms with Gasteiger partial charge in [0.05, 0.1) is 18.6 Å². The number of hydrogen-bond donors (Lipinski definition) is 3. The number of carbonyl (C=O) groups excluding carboxylic acids is 2. The minimum Gasteiger partial charge on any atom is -0.480 e. The minimum absolute atomic E-state index is 0.0988. The molecule has 2 rings (SSSR count). The number of H-pyrrole nitrogens is 1. The molecule has 2 amide bonds. The second-order valence-corrected chi connectivity index (χ2v) is 3.91. The predicted molar refractivity (Wildman–Crippen MR) is 59.9 cm³/mol. The lowest BCUT2D eigenvalue weighted by Crippen LogP contribution is -2.46. The van der Waals surface area contributed by atoms with Gasteiger partial charge in [-0.25, -0.2) is 9.78 Å². The SMILES string of the molecule is O=C(O)CNC(=O)[C@@H]1COC(=O)N1Cc1cnc[nH]1. The molecule has 9 heteroatoms. The molecule has 9 nitrogen and oxygen atoms in total. The van der Waals surface area contributed by atoms with Gasteiger partial charge in [0, 0.05) is 6.20 Å². The number of rotatable bonds is 5. The van der Waals surface area contributed by atoms with Crippen molar-refractivity contribution in [1.82, 2.24) is 20.2 Å². The highest BCUT2D eigenvalue weighted by Crippen LogP contribution is 2.15. The summed E-state index contributed by atoms with van der Waals surface area (Å²) in [5.41, 5.74) is 0.648. The van der Waals surface area contributed by atoms with Crippen LogP contribution in [0.2, 0.25) is 0 Å². The van der Waals surface area contributed by atoms with E-state index >= 15 is 0 Å². The summed E-state index contributed by atoms with van der Waals surface area (Å²) in [5.74, 6) is -1.72. The van der Waals surface area contributed by atoms with Gasteiger partial charge in [-0.3, -0.25) is 14.5 Å². The van der Waals surface area contributed by atoms with Crippen LogP contribution in [0.4, 0.5) is 4.79 Å². The van der Waals surface area contributed by atoms with Gasteiger partial charge in [-0.15, -0.1) is 0 Å². The van der Waals surface area contributed by atoms with Crippen molar-refractivity contribution in [3.8, 4) is 0 Å². The van der Waals surface area contributed by atoms with Gasteiger partial charge in [-0.1, -0.05) is 0 Å². The summed E-state index contributed by atoms with van der Waals surface area (Å²) >= 11 is 0. The van der Waals surface area contributed by atoms with E-state index in [0.29, 0.717) is 5.69 Å². The Labute approximate surface area is 107 Å². The summed E-state index contributed by atoms with van der Waals surface area (Å²) < 4.78 is 4.80. The van der Waals surface area contributed by atoms with Crippen molar-refractivity contribution in [2.75, 3.05) is 13.2 Å². The molecule has 0 bridgehead atoms. The number of aromatic nitrogens is 2. The Morgan fingerprint density at radius 1 is 1.63 bits per heavy atom. The standard InChI is InChI=1S/C10H12N4O5/c15-8(16)2-12-9(17)7-4-19-10(18)14(7)3-6-1-11-5-13-6/h1,5,7H,2-4H2,(H,11,13)(H,12,17)(H,15,16)/t7-/m0/s1. The van der Waals surface area contributed by atoms with Crippen molar-refractivity contribution in [3.63, 3.8) is 0 Å². The molecule has 102 valence electrons. The number of nitrogens with one attached hydrogen (secondary N) is 2. The Morgan fingerprint density at radius 2 is 2.42 bits per heavy atom. The Bertz CT molecular complexity index is 486. The minimum atomic E-state index is -1.15. The molecule has 19 heavy (non-hydrogen) atoms. The summed E-state index contributed by atoms with van der Waals surface area (Å²) in [4.78, 5) is 41.5. The Kier molecular flexibility index (Phi) is 3.64. The van der Waals surface area contributed by atoms with E-state index in [9.17, 15) is 14.4 Å². The van der Waals surface area contributed by atoms with Crippen LogP contribution in [0.1, 0.15) is 5.69 Å². The van der Waals surface area contributed by atoms with Gasteiger partial charge >= 0.3 is 12.1 Å². The van der Waals surface area contributed by atoms with E-state index in [2.05, 4.69) is 15.3 Å². The molecular weight excluding hydrogens is 256 g/mol. The fraction of sp³-hybridized carbons (Fsp3) is 0.400. The molecule has 1 fully saturated rings. The number of aliphatic carboxylic acids is 1. The first-order chi connectivity index (χ1) is 9.08. The van der Waals surface area contributed by atoms with Crippen LogP contribution >= 0.6 is 0 Å². The monoisotopic (exact) mass is 268 g/mol. The van der Waals surface area contributed by atoms with E-state index in [0.717, 1.165) is 0 Å². The second kappa shape index (κ2) is 5.38. The van der Waals surface area contributed by atoms with Crippen LogP contribution in [0.25, 0.3) is 0 Å². The third-order valence-electron chi connectivity index (χ3n) is 2.59. The van der Waals surface area contributed by atoms with Gasteiger partial charge in [0.2, 0.25) is 5.91 Å². The molecule has 0 radical (unpaired) electrons. The van der Waals surface area contributed by atoms with E-state index in [4.69, 9.17) is 9.84 Å². The number of imidazole rings is 1.